The van der Waals surface area contributed by atoms with E-state index in [2.05, 4.69) is 23.9 Å². The zero-order chi connectivity index (χ0) is 12.3. The van der Waals surface area contributed by atoms with Crippen LogP contribution in [0.2, 0.25) is 0 Å². The van der Waals surface area contributed by atoms with Gasteiger partial charge in [-0.1, -0.05) is 0 Å². The SMILES string of the molecule is CN1CCCC(N(C)C(CN)C2CCOC2)C1. The van der Waals surface area contributed by atoms with Gasteiger partial charge in [0.25, 0.3) is 0 Å². The van der Waals surface area contributed by atoms with Crippen LogP contribution >= 0.6 is 0 Å². The maximum atomic E-state index is 5.98. The number of piperidine rings is 1. The third-order valence-corrected chi connectivity index (χ3v) is 4.45. The van der Waals surface area contributed by atoms with Gasteiger partial charge in [-0.05, 0) is 39.9 Å². The number of nitrogens with zero attached hydrogens (tertiary/aromatic N) is 2. The van der Waals surface area contributed by atoms with Crippen LogP contribution in [0.5, 0.6) is 0 Å². The van der Waals surface area contributed by atoms with Crippen molar-refractivity contribution < 1.29 is 4.74 Å². The summed E-state index contributed by atoms with van der Waals surface area (Å²) in [6.07, 6.45) is 3.80. The van der Waals surface area contributed by atoms with E-state index in [4.69, 9.17) is 10.5 Å². The number of hydrogen-bond donors (Lipinski definition) is 1. The Morgan fingerprint density at radius 2 is 2.29 bits per heavy atom. The summed E-state index contributed by atoms with van der Waals surface area (Å²) in [5, 5.41) is 0. The minimum Gasteiger partial charge on any atom is -0.381 e. The van der Waals surface area contributed by atoms with E-state index in [1.54, 1.807) is 0 Å². The van der Waals surface area contributed by atoms with Gasteiger partial charge in [0.2, 0.25) is 0 Å². The number of likely N-dealkylation sites (N-methyl/N-ethyl adjacent to an activating group) is 2. The molecule has 0 aromatic carbocycles. The number of ether oxygens (including phenoxy) is 1. The molecule has 2 heterocycles. The Morgan fingerprint density at radius 1 is 1.47 bits per heavy atom. The molecule has 4 nitrogen and oxygen atoms in total. The third-order valence-electron chi connectivity index (χ3n) is 4.45. The molecule has 0 amide bonds. The lowest BCUT2D eigenvalue weighted by Crippen LogP contribution is -2.53. The van der Waals surface area contributed by atoms with E-state index in [9.17, 15) is 0 Å². The quantitative estimate of drug-likeness (QED) is 0.772. The Balaban J connectivity index is 1.93. The van der Waals surface area contributed by atoms with Crippen molar-refractivity contribution in [2.45, 2.75) is 31.3 Å². The van der Waals surface area contributed by atoms with Crippen LogP contribution in [0.3, 0.4) is 0 Å². The normalized spacial score (nSPS) is 33.2. The van der Waals surface area contributed by atoms with Crippen molar-refractivity contribution in [3.8, 4) is 0 Å². The molecule has 3 atom stereocenters. The summed E-state index contributed by atoms with van der Waals surface area (Å²) in [7, 11) is 4.47. The summed E-state index contributed by atoms with van der Waals surface area (Å²) >= 11 is 0. The average Bonchev–Trinajstić information content (AvgIpc) is 2.83. The van der Waals surface area contributed by atoms with Gasteiger partial charge in [0.1, 0.15) is 0 Å². The summed E-state index contributed by atoms with van der Waals surface area (Å²) in [5.41, 5.74) is 5.98. The predicted octanol–water partition coefficient (Wildman–Crippen LogP) is 0.376. The summed E-state index contributed by atoms with van der Waals surface area (Å²) < 4.78 is 5.51. The molecule has 0 radical (unpaired) electrons. The second-order valence-corrected chi connectivity index (χ2v) is 5.65. The van der Waals surface area contributed by atoms with Crippen LogP contribution in [0.15, 0.2) is 0 Å². The maximum Gasteiger partial charge on any atom is 0.0510 e. The molecule has 2 N–H and O–H groups in total. The molecular formula is C13H27N3O. The van der Waals surface area contributed by atoms with Crippen molar-refractivity contribution in [1.29, 1.82) is 0 Å². The molecule has 17 heavy (non-hydrogen) atoms. The van der Waals surface area contributed by atoms with Gasteiger partial charge < -0.3 is 15.4 Å². The highest BCUT2D eigenvalue weighted by molar-refractivity contribution is 4.87. The average molecular weight is 241 g/mol. The van der Waals surface area contributed by atoms with E-state index in [0.717, 1.165) is 19.8 Å². The van der Waals surface area contributed by atoms with Gasteiger partial charge in [-0.2, -0.15) is 0 Å². The molecule has 0 aromatic heterocycles. The number of nitrogens with two attached hydrogens (primary N) is 1. The first-order valence-electron chi connectivity index (χ1n) is 6.90. The predicted molar refractivity (Wildman–Crippen MR) is 70.1 cm³/mol. The minimum atomic E-state index is 0.494. The van der Waals surface area contributed by atoms with E-state index in [-0.39, 0.29) is 0 Å². The van der Waals surface area contributed by atoms with Gasteiger partial charge in [-0.15, -0.1) is 0 Å². The maximum absolute atomic E-state index is 5.98. The first kappa shape index (κ1) is 13.3. The Labute approximate surface area is 105 Å². The molecular weight excluding hydrogens is 214 g/mol. The zero-order valence-electron chi connectivity index (χ0n) is 11.3. The lowest BCUT2D eigenvalue weighted by molar-refractivity contribution is 0.0690. The van der Waals surface area contributed by atoms with E-state index in [1.807, 2.05) is 0 Å². The summed E-state index contributed by atoms with van der Waals surface area (Å²) in [5.74, 6) is 0.636. The molecule has 0 bridgehead atoms. The van der Waals surface area contributed by atoms with Crippen LogP contribution in [-0.4, -0.2) is 68.8 Å². The second-order valence-electron chi connectivity index (χ2n) is 5.65. The molecule has 0 aromatic rings. The fraction of sp³-hybridized carbons (Fsp3) is 1.00. The van der Waals surface area contributed by atoms with Gasteiger partial charge in [0.05, 0.1) is 6.61 Å². The largest absolute Gasteiger partial charge is 0.381 e. The van der Waals surface area contributed by atoms with Crippen LogP contribution in [-0.2, 0) is 4.74 Å². The number of rotatable bonds is 4. The molecule has 2 rings (SSSR count). The first-order valence-corrected chi connectivity index (χ1v) is 6.90. The Hall–Kier alpha value is -0.160. The van der Waals surface area contributed by atoms with Crippen LogP contribution in [0, 0.1) is 5.92 Å². The lowest BCUT2D eigenvalue weighted by atomic mass is 9.94. The van der Waals surface area contributed by atoms with Crippen molar-refractivity contribution >= 4 is 0 Å². The van der Waals surface area contributed by atoms with Crippen molar-refractivity contribution in [2.24, 2.45) is 11.7 Å². The van der Waals surface area contributed by atoms with Crippen molar-refractivity contribution in [2.75, 3.05) is 46.9 Å². The standard InChI is InChI=1S/C13H27N3O/c1-15-6-3-4-12(9-15)16(2)13(8-14)11-5-7-17-10-11/h11-13H,3-10,14H2,1-2H3. The van der Waals surface area contributed by atoms with E-state index in [1.165, 1.54) is 32.4 Å². The van der Waals surface area contributed by atoms with Crippen molar-refractivity contribution in [3.05, 3.63) is 0 Å². The van der Waals surface area contributed by atoms with Gasteiger partial charge in [0.15, 0.2) is 0 Å². The van der Waals surface area contributed by atoms with Gasteiger partial charge in [-0.25, -0.2) is 0 Å². The Kier molecular flexibility index (Phi) is 4.79. The highest BCUT2D eigenvalue weighted by Gasteiger charge is 2.32. The first-order chi connectivity index (χ1) is 8.22. The number of likely N-dealkylation sites (tertiary alicyclic amines) is 1. The fourth-order valence-corrected chi connectivity index (χ4v) is 3.29. The van der Waals surface area contributed by atoms with Crippen LogP contribution in [0.25, 0.3) is 0 Å². The van der Waals surface area contributed by atoms with Gasteiger partial charge in [0, 0.05) is 37.7 Å². The molecule has 0 spiro atoms. The van der Waals surface area contributed by atoms with Gasteiger partial charge >= 0.3 is 0 Å². The van der Waals surface area contributed by atoms with Crippen LogP contribution in [0.4, 0.5) is 0 Å². The topological polar surface area (TPSA) is 41.7 Å². The minimum absolute atomic E-state index is 0.494. The van der Waals surface area contributed by atoms with Crippen molar-refractivity contribution in [3.63, 3.8) is 0 Å². The molecule has 4 heteroatoms. The summed E-state index contributed by atoms with van der Waals surface area (Å²) in [6, 6.07) is 1.16. The van der Waals surface area contributed by atoms with E-state index >= 15 is 0 Å². The molecule has 100 valence electrons. The Morgan fingerprint density at radius 3 is 2.88 bits per heavy atom. The highest BCUT2D eigenvalue weighted by Crippen LogP contribution is 2.24. The molecule has 2 aliphatic rings. The molecule has 2 saturated heterocycles. The molecule has 3 unspecified atom stereocenters. The van der Waals surface area contributed by atoms with Crippen molar-refractivity contribution in [1.82, 2.24) is 9.80 Å². The molecule has 0 aliphatic carbocycles. The molecule has 2 aliphatic heterocycles. The van der Waals surface area contributed by atoms with E-state index < -0.39 is 0 Å². The molecule has 0 saturated carbocycles. The third kappa shape index (κ3) is 3.19. The monoisotopic (exact) mass is 241 g/mol. The van der Waals surface area contributed by atoms with Crippen LogP contribution in [0.1, 0.15) is 19.3 Å². The van der Waals surface area contributed by atoms with Crippen LogP contribution < -0.4 is 5.73 Å². The number of hydrogen-bond acceptors (Lipinski definition) is 4. The smallest absolute Gasteiger partial charge is 0.0510 e. The fourth-order valence-electron chi connectivity index (χ4n) is 3.29. The summed E-state index contributed by atoms with van der Waals surface area (Å²) in [6.45, 7) is 4.99. The highest BCUT2D eigenvalue weighted by atomic mass is 16.5. The lowest BCUT2D eigenvalue weighted by Gasteiger charge is -2.41. The van der Waals surface area contributed by atoms with E-state index in [0.29, 0.717) is 18.0 Å². The zero-order valence-corrected chi connectivity index (χ0v) is 11.3. The van der Waals surface area contributed by atoms with Gasteiger partial charge in [-0.3, -0.25) is 4.90 Å². The Bertz CT molecular complexity index is 231. The summed E-state index contributed by atoms with van der Waals surface area (Å²) in [4.78, 5) is 4.96. The second kappa shape index (κ2) is 6.14. The molecule has 2 fully saturated rings.